The first-order chi connectivity index (χ1) is 12.5. The largest absolute Gasteiger partial charge is 0.348 e. The molecule has 2 fully saturated rings. The molecule has 3 atom stereocenters. The minimum absolute atomic E-state index is 0.00811. The predicted molar refractivity (Wildman–Crippen MR) is 95.8 cm³/mol. The van der Waals surface area contributed by atoms with Crippen LogP contribution in [0.25, 0.3) is 0 Å². The third-order valence-corrected chi connectivity index (χ3v) is 5.49. The zero-order chi connectivity index (χ0) is 18.3. The second kappa shape index (κ2) is 6.72. The molecule has 7 heteroatoms. The summed E-state index contributed by atoms with van der Waals surface area (Å²) in [5.74, 6) is 1.39. The number of likely N-dealkylation sites (tertiary alicyclic amines) is 2. The molecule has 0 saturated carbocycles. The topological polar surface area (TPSA) is 55.5 Å². The van der Waals surface area contributed by atoms with Crippen molar-refractivity contribution >= 4 is 6.03 Å². The minimum Gasteiger partial charge on any atom is -0.348 e. The first-order valence-corrected chi connectivity index (χ1v) is 8.97. The van der Waals surface area contributed by atoms with Crippen molar-refractivity contribution < 1.29 is 9.18 Å². The van der Waals surface area contributed by atoms with E-state index in [9.17, 15) is 9.18 Å². The summed E-state index contributed by atoms with van der Waals surface area (Å²) < 4.78 is 13.8. The van der Waals surface area contributed by atoms with Gasteiger partial charge in [0.15, 0.2) is 0 Å². The molecular formula is C19H24FN5O. The van der Waals surface area contributed by atoms with Crippen LogP contribution in [0, 0.1) is 17.7 Å². The van der Waals surface area contributed by atoms with Crippen molar-refractivity contribution in [1.82, 2.24) is 24.7 Å². The highest BCUT2D eigenvalue weighted by molar-refractivity contribution is 5.75. The number of carbonyl (C=O) groups excluding carboxylic acids is 1. The van der Waals surface area contributed by atoms with Gasteiger partial charge in [-0.15, -0.1) is 0 Å². The summed E-state index contributed by atoms with van der Waals surface area (Å²) in [5.41, 5.74) is 0.882. The van der Waals surface area contributed by atoms with Crippen molar-refractivity contribution in [3.63, 3.8) is 0 Å². The van der Waals surface area contributed by atoms with Gasteiger partial charge in [-0.3, -0.25) is 4.90 Å². The second-order valence-electron chi connectivity index (χ2n) is 7.48. The minimum atomic E-state index is -0.256. The molecule has 138 valence electrons. The summed E-state index contributed by atoms with van der Waals surface area (Å²) in [6, 6.07) is 6.58. The van der Waals surface area contributed by atoms with E-state index in [4.69, 9.17) is 0 Å². The summed E-state index contributed by atoms with van der Waals surface area (Å²) in [7, 11) is 3.53. The van der Waals surface area contributed by atoms with Gasteiger partial charge in [-0.1, -0.05) is 12.1 Å². The summed E-state index contributed by atoms with van der Waals surface area (Å²) in [6.07, 6.45) is 3.60. The Morgan fingerprint density at radius 1 is 1.35 bits per heavy atom. The van der Waals surface area contributed by atoms with E-state index in [1.54, 1.807) is 37.3 Å². The maximum Gasteiger partial charge on any atom is 0.320 e. The molecule has 6 nitrogen and oxygen atoms in total. The number of halogens is 1. The fourth-order valence-corrected chi connectivity index (χ4v) is 4.43. The number of nitrogens with one attached hydrogen (secondary N) is 1. The van der Waals surface area contributed by atoms with Crippen LogP contribution in [0.2, 0.25) is 0 Å². The Balaban J connectivity index is 1.59. The molecule has 4 rings (SSSR count). The number of rotatable bonds is 3. The zero-order valence-electron chi connectivity index (χ0n) is 15.1. The van der Waals surface area contributed by atoms with Crippen LogP contribution in [0.3, 0.4) is 0 Å². The summed E-state index contributed by atoms with van der Waals surface area (Å²) >= 11 is 0. The number of imidazole rings is 1. The van der Waals surface area contributed by atoms with Crippen molar-refractivity contribution in [2.45, 2.75) is 12.6 Å². The van der Waals surface area contributed by atoms with Gasteiger partial charge in [0.25, 0.3) is 0 Å². The lowest BCUT2D eigenvalue weighted by atomic mass is 9.89. The maximum atomic E-state index is 13.8. The van der Waals surface area contributed by atoms with E-state index in [2.05, 4.69) is 14.9 Å². The highest BCUT2D eigenvalue weighted by Crippen LogP contribution is 2.45. The van der Waals surface area contributed by atoms with Crippen molar-refractivity contribution in [3.05, 3.63) is 53.9 Å². The molecule has 0 radical (unpaired) electrons. The Kier molecular flexibility index (Phi) is 4.40. The van der Waals surface area contributed by atoms with E-state index < -0.39 is 0 Å². The van der Waals surface area contributed by atoms with Gasteiger partial charge in [-0.2, -0.15) is 0 Å². The Morgan fingerprint density at radius 2 is 2.19 bits per heavy atom. The smallest absolute Gasteiger partial charge is 0.320 e. The number of urea groups is 1. The molecule has 2 saturated heterocycles. The fourth-order valence-electron chi connectivity index (χ4n) is 4.43. The summed E-state index contributed by atoms with van der Waals surface area (Å²) in [6.45, 7) is 3.28. The molecule has 0 spiro atoms. The van der Waals surface area contributed by atoms with Crippen LogP contribution < -0.4 is 0 Å². The van der Waals surface area contributed by atoms with Crippen molar-refractivity contribution in [2.75, 3.05) is 33.7 Å². The van der Waals surface area contributed by atoms with Gasteiger partial charge in [0.2, 0.25) is 0 Å². The monoisotopic (exact) mass is 357 g/mol. The number of nitrogens with zero attached hydrogens (tertiary/aromatic N) is 4. The van der Waals surface area contributed by atoms with Gasteiger partial charge in [0, 0.05) is 52.0 Å². The van der Waals surface area contributed by atoms with E-state index in [0.29, 0.717) is 18.4 Å². The average Bonchev–Trinajstić information content (AvgIpc) is 3.30. The number of H-pyrrole nitrogens is 1. The lowest BCUT2D eigenvalue weighted by Gasteiger charge is -2.31. The van der Waals surface area contributed by atoms with Gasteiger partial charge >= 0.3 is 6.03 Å². The Hall–Kier alpha value is -2.41. The molecule has 1 aromatic carbocycles. The number of aromatic nitrogens is 2. The van der Waals surface area contributed by atoms with Gasteiger partial charge in [0.05, 0.1) is 12.6 Å². The molecule has 1 aromatic heterocycles. The van der Waals surface area contributed by atoms with Crippen molar-refractivity contribution in [1.29, 1.82) is 0 Å². The number of hydrogen-bond acceptors (Lipinski definition) is 3. The van der Waals surface area contributed by atoms with Crippen LogP contribution in [0.5, 0.6) is 0 Å². The van der Waals surface area contributed by atoms with Crippen molar-refractivity contribution in [2.24, 2.45) is 11.8 Å². The van der Waals surface area contributed by atoms with Crippen molar-refractivity contribution in [3.8, 4) is 0 Å². The molecule has 0 bridgehead atoms. The number of carbonyl (C=O) groups is 1. The maximum absolute atomic E-state index is 13.8. The highest BCUT2D eigenvalue weighted by Gasteiger charge is 2.49. The predicted octanol–water partition coefficient (Wildman–Crippen LogP) is 2.34. The van der Waals surface area contributed by atoms with E-state index in [-0.39, 0.29) is 17.9 Å². The van der Waals surface area contributed by atoms with E-state index in [0.717, 1.165) is 31.0 Å². The van der Waals surface area contributed by atoms with Crippen LogP contribution in [0.1, 0.15) is 17.4 Å². The van der Waals surface area contributed by atoms with E-state index >= 15 is 0 Å². The van der Waals surface area contributed by atoms with Gasteiger partial charge in [-0.05, 0) is 23.6 Å². The Morgan fingerprint density at radius 3 is 2.88 bits per heavy atom. The molecule has 2 aliphatic heterocycles. The Labute approximate surface area is 152 Å². The first-order valence-electron chi connectivity index (χ1n) is 8.97. The average molecular weight is 357 g/mol. The third-order valence-electron chi connectivity index (χ3n) is 5.49. The fraction of sp³-hybridized carbons (Fsp3) is 0.474. The Bertz CT molecular complexity index is 778. The number of benzene rings is 1. The number of amides is 2. The molecule has 0 aliphatic carbocycles. The molecule has 3 heterocycles. The summed E-state index contributed by atoms with van der Waals surface area (Å²) in [5, 5.41) is 0. The quantitative estimate of drug-likeness (QED) is 0.917. The molecule has 0 unspecified atom stereocenters. The first kappa shape index (κ1) is 17.0. The molecular weight excluding hydrogens is 333 g/mol. The SMILES string of the molecule is CN(C)C(=O)N1C[C@H]2CN(Cc3ncc[nH]3)C[C@H]2[C@H]1c1cccc(F)c1. The zero-order valence-corrected chi connectivity index (χ0v) is 15.1. The summed E-state index contributed by atoms with van der Waals surface area (Å²) in [4.78, 5) is 26.1. The molecule has 26 heavy (non-hydrogen) atoms. The van der Waals surface area contributed by atoms with Crippen LogP contribution in [0.4, 0.5) is 9.18 Å². The molecule has 2 amide bonds. The van der Waals surface area contributed by atoms with Gasteiger partial charge < -0.3 is 14.8 Å². The highest BCUT2D eigenvalue weighted by atomic mass is 19.1. The third kappa shape index (κ3) is 3.07. The van der Waals surface area contributed by atoms with Crippen LogP contribution in [-0.2, 0) is 6.54 Å². The van der Waals surface area contributed by atoms with E-state index in [1.807, 2.05) is 17.2 Å². The van der Waals surface area contributed by atoms with Gasteiger partial charge in [0.1, 0.15) is 11.6 Å². The lowest BCUT2D eigenvalue weighted by Crippen LogP contribution is -2.41. The number of aromatic amines is 1. The van der Waals surface area contributed by atoms with Crippen LogP contribution in [-0.4, -0.2) is 64.4 Å². The normalized spacial score (nSPS) is 25.5. The number of hydrogen-bond donors (Lipinski definition) is 1. The van der Waals surface area contributed by atoms with Crippen LogP contribution in [0.15, 0.2) is 36.7 Å². The van der Waals surface area contributed by atoms with E-state index in [1.165, 1.54) is 6.07 Å². The molecule has 1 N–H and O–H groups in total. The van der Waals surface area contributed by atoms with Crippen LogP contribution >= 0.6 is 0 Å². The van der Waals surface area contributed by atoms with Gasteiger partial charge in [-0.25, -0.2) is 14.2 Å². The molecule has 2 aliphatic rings. The second-order valence-corrected chi connectivity index (χ2v) is 7.48. The molecule has 2 aromatic rings. The standard InChI is InChI=1S/C19H24FN5O/c1-23(2)19(26)25-10-14-9-24(12-17-21-6-7-22-17)11-16(14)18(25)13-4-3-5-15(20)8-13/h3-8,14,16,18H,9-12H2,1-2H3,(H,21,22)/t14-,16-,18-/m1/s1. The number of fused-ring (bicyclic) bond motifs is 1. The lowest BCUT2D eigenvalue weighted by molar-refractivity contribution is 0.151.